The SMILES string of the molecule is CCOC(=O)/C=C/COc1ccc(Br)nc1I. The van der Waals surface area contributed by atoms with Crippen LogP contribution in [0, 0.1) is 3.70 Å². The Kier molecular flexibility index (Phi) is 6.49. The van der Waals surface area contributed by atoms with E-state index < -0.39 is 0 Å². The van der Waals surface area contributed by atoms with Crippen LogP contribution in [0.2, 0.25) is 0 Å². The van der Waals surface area contributed by atoms with E-state index in [9.17, 15) is 4.79 Å². The molecule has 0 atom stereocenters. The van der Waals surface area contributed by atoms with E-state index >= 15 is 0 Å². The molecule has 0 fully saturated rings. The third-order valence-corrected chi connectivity index (χ3v) is 2.87. The van der Waals surface area contributed by atoms with E-state index in [2.05, 4.69) is 43.5 Å². The molecule has 4 nitrogen and oxygen atoms in total. The fraction of sp³-hybridized carbons (Fsp3) is 0.273. The molecule has 6 heteroatoms. The molecular weight excluding hydrogens is 401 g/mol. The fourth-order valence-corrected chi connectivity index (χ4v) is 2.22. The molecule has 0 spiro atoms. The predicted octanol–water partition coefficient (Wildman–Crippen LogP) is 2.95. The highest BCUT2D eigenvalue weighted by atomic mass is 127. The smallest absolute Gasteiger partial charge is 0.330 e. The van der Waals surface area contributed by atoms with Crippen LogP contribution in [0.15, 0.2) is 28.9 Å². The van der Waals surface area contributed by atoms with Gasteiger partial charge in [0, 0.05) is 6.08 Å². The van der Waals surface area contributed by atoms with E-state index in [0.717, 1.165) is 8.30 Å². The first-order chi connectivity index (χ1) is 8.13. The fourth-order valence-electron chi connectivity index (χ4n) is 0.980. The quantitative estimate of drug-likeness (QED) is 0.323. The van der Waals surface area contributed by atoms with Crippen molar-refractivity contribution in [1.29, 1.82) is 0 Å². The van der Waals surface area contributed by atoms with Gasteiger partial charge in [-0.15, -0.1) is 0 Å². The largest absolute Gasteiger partial charge is 0.487 e. The number of hydrogen-bond donors (Lipinski definition) is 0. The summed E-state index contributed by atoms with van der Waals surface area (Å²) < 4.78 is 11.7. The number of ether oxygens (including phenoxy) is 2. The second-order valence-corrected chi connectivity index (χ2v) is 4.72. The number of carbonyl (C=O) groups excluding carboxylic acids is 1. The van der Waals surface area contributed by atoms with Crippen molar-refractivity contribution in [2.45, 2.75) is 6.92 Å². The van der Waals surface area contributed by atoms with Gasteiger partial charge in [0.15, 0.2) is 5.75 Å². The van der Waals surface area contributed by atoms with E-state index in [1.165, 1.54) is 6.08 Å². The summed E-state index contributed by atoms with van der Waals surface area (Å²) in [6.07, 6.45) is 2.96. The number of carbonyl (C=O) groups is 1. The van der Waals surface area contributed by atoms with E-state index in [1.54, 1.807) is 19.1 Å². The maximum Gasteiger partial charge on any atom is 0.330 e. The molecule has 0 amide bonds. The summed E-state index contributed by atoms with van der Waals surface area (Å²) in [4.78, 5) is 15.2. The Morgan fingerprint density at radius 2 is 2.35 bits per heavy atom. The van der Waals surface area contributed by atoms with Crippen molar-refractivity contribution in [3.63, 3.8) is 0 Å². The molecular formula is C11H11BrINO3. The van der Waals surface area contributed by atoms with Crippen LogP contribution in [0.25, 0.3) is 0 Å². The van der Waals surface area contributed by atoms with Gasteiger partial charge in [0.1, 0.15) is 14.9 Å². The average Bonchev–Trinajstić information content (AvgIpc) is 2.27. The summed E-state index contributed by atoms with van der Waals surface area (Å²) in [5.41, 5.74) is 0. The average molecular weight is 412 g/mol. The zero-order valence-corrected chi connectivity index (χ0v) is 12.9. The van der Waals surface area contributed by atoms with Gasteiger partial charge in [-0.1, -0.05) is 0 Å². The monoisotopic (exact) mass is 411 g/mol. The minimum atomic E-state index is -0.361. The number of rotatable bonds is 5. The Balaban J connectivity index is 2.43. The lowest BCUT2D eigenvalue weighted by molar-refractivity contribution is -0.137. The van der Waals surface area contributed by atoms with Crippen molar-refractivity contribution in [2.75, 3.05) is 13.2 Å². The van der Waals surface area contributed by atoms with Crippen molar-refractivity contribution in [3.8, 4) is 5.75 Å². The Hall–Kier alpha value is -0.630. The third kappa shape index (κ3) is 5.49. The van der Waals surface area contributed by atoms with Crippen LogP contribution in [0.5, 0.6) is 5.75 Å². The van der Waals surface area contributed by atoms with E-state index in [4.69, 9.17) is 9.47 Å². The van der Waals surface area contributed by atoms with E-state index in [1.807, 2.05) is 6.07 Å². The van der Waals surface area contributed by atoms with E-state index in [-0.39, 0.29) is 5.97 Å². The first kappa shape index (κ1) is 14.4. The molecule has 0 aromatic carbocycles. The first-order valence-electron chi connectivity index (χ1n) is 4.91. The van der Waals surface area contributed by atoms with Crippen LogP contribution in [0.1, 0.15) is 6.92 Å². The lowest BCUT2D eigenvalue weighted by Gasteiger charge is -2.04. The highest BCUT2D eigenvalue weighted by molar-refractivity contribution is 14.1. The minimum Gasteiger partial charge on any atom is -0.487 e. The Morgan fingerprint density at radius 3 is 3.00 bits per heavy atom. The Labute approximate surface area is 122 Å². The molecule has 0 radical (unpaired) electrons. The summed E-state index contributed by atoms with van der Waals surface area (Å²) in [5.74, 6) is 0.321. The zero-order valence-electron chi connectivity index (χ0n) is 9.15. The van der Waals surface area contributed by atoms with Crippen LogP contribution < -0.4 is 4.74 Å². The van der Waals surface area contributed by atoms with Gasteiger partial charge in [0.25, 0.3) is 0 Å². The van der Waals surface area contributed by atoms with Gasteiger partial charge in [0.05, 0.1) is 6.61 Å². The Morgan fingerprint density at radius 1 is 1.59 bits per heavy atom. The molecule has 0 bridgehead atoms. The third-order valence-electron chi connectivity index (χ3n) is 1.66. The second-order valence-electron chi connectivity index (χ2n) is 2.89. The Bertz CT molecular complexity index is 423. The molecule has 0 saturated heterocycles. The molecule has 1 heterocycles. The highest BCUT2D eigenvalue weighted by Gasteiger charge is 2.01. The van der Waals surface area contributed by atoms with Crippen LogP contribution in [0.3, 0.4) is 0 Å². The topological polar surface area (TPSA) is 48.4 Å². The normalized spacial score (nSPS) is 10.5. The lowest BCUT2D eigenvalue weighted by Crippen LogP contribution is -2.01. The van der Waals surface area contributed by atoms with Crippen LogP contribution in [-0.2, 0) is 9.53 Å². The van der Waals surface area contributed by atoms with Gasteiger partial charge >= 0.3 is 5.97 Å². The summed E-state index contributed by atoms with van der Waals surface area (Å²) in [6.45, 7) is 2.44. The van der Waals surface area contributed by atoms with Crippen molar-refractivity contribution in [1.82, 2.24) is 4.98 Å². The standard InChI is InChI=1S/C11H11BrINO3/c1-2-16-10(15)4-3-7-17-8-5-6-9(12)14-11(8)13/h3-6H,2,7H2,1H3/b4-3+. The number of pyridine rings is 1. The molecule has 0 aliphatic heterocycles. The van der Waals surface area contributed by atoms with Crippen molar-refractivity contribution >= 4 is 44.5 Å². The zero-order chi connectivity index (χ0) is 12.7. The van der Waals surface area contributed by atoms with E-state index in [0.29, 0.717) is 19.0 Å². The lowest BCUT2D eigenvalue weighted by atomic mass is 10.4. The maximum atomic E-state index is 11.0. The molecule has 0 aliphatic rings. The van der Waals surface area contributed by atoms with Crippen LogP contribution >= 0.6 is 38.5 Å². The van der Waals surface area contributed by atoms with Gasteiger partial charge in [-0.3, -0.25) is 0 Å². The maximum absolute atomic E-state index is 11.0. The molecule has 92 valence electrons. The highest BCUT2D eigenvalue weighted by Crippen LogP contribution is 2.20. The molecule has 0 aliphatic carbocycles. The van der Waals surface area contributed by atoms with Gasteiger partial charge < -0.3 is 9.47 Å². The van der Waals surface area contributed by atoms with Gasteiger partial charge in [-0.25, -0.2) is 9.78 Å². The molecule has 0 unspecified atom stereocenters. The summed E-state index contributed by atoms with van der Waals surface area (Å²) in [5, 5.41) is 0. The van der Waals surface area contributed by atoms with Gasteiger partial charge in [0.2, 0.25) is 0 Å². The van der Waals surface area contributed by atoms with Gasteiger partial charge in [-0.2, -0.15) is 0 Å². The number of halogens is 2. The van der Waals surface area contributed by atoms with Crippen LogP contribution in [-0.4, -0.2) is 24.2 Å². The number of nitrogens with zero attached hydrogens (tertiary/aromatic N) is 1. The summed E-state index contributed by atoms with van der Waals surface area (Å²) >= 11 is 5.35. The van der Waals surface area contributed by atoms with Crippen molar-refractivity contribution in [3.05, 3.63) is 32.6 Å². The molecule has 1 aromatic rings. The molecule has 1 aromatic heterocycles. The summed E-state index contributed by atoms with van der Waals surface area (Å²) in [7, 11) is 0. The molecule has 1 rings (SSSR count). The van der Waals surface area contributed by atoms with Crippen molar-refractivity contribution in [2.24, 2.45) is 0 Å². The molecule has 17 heavy (non-hydrogen) atoms. The molecule has 0 saturated carbocycles. The van der Waals surface area contributed by atoms with Crippen LogP contribution in [0.4, 0.5) is 0 Å². The number of aromatic nitrogens is 1. The molecule has 0 N–H and O–H groups in total. The minimum absolute atomic E-state index is 0.304. The second kappa shape index (κ2) is 7.65. The van der Waals surface area contributed by atoms with Gasteiger partial charge in [-0.05, 0) is 63.7 Å². The predicted molar refractivity (Wildman–Crippen MR) is 75.9 cm³/mol. The number of esters is 1. The number of hydrogen-bond acceptors (Lipinski definition) is 4. The summed E-state index contributed by atoms with van der Waals surface area (Å²) in [6, 6.07) is 3.61. The van der Waals surface area contributed by atoms with Crippen molar-refractivity contribution < 1.29 is 14.3 Å². The first-order valence-corrected chi connectivity index (χ1v) is 6.78.